The third kappa shape index (κ3) is 1.52. The van der Waals surface area contributed by atoms with Crippen molar-refractivity contribution >= 4 is 0 Å². The highest BCUT2D eigenvalue weighted by atomic mass is 16.4. The van der Waals surface area contributed by atoms with E-state index >= 15 is 0 Å². The van der Waals surface area contributed by atoms with Gasteiger partial charge in [0.25, 0.3) is 0 Å². The molecule has 3 nitrogen and oxygen atoms in total. The van der Waals surface area contributed by atoms with Gasteiger partial charge in [0.1, 0.15) is 11.9 Å². The van der Waals surface area contributed by atoms with Crippen LogP contribution in [-0.2, 0) is 0 Å². The van der Waals surface area contributed by atoms with E-state index in [0.717, 1.165) is 13.1 Å². The van der Waals surface area contributed by atoms with E-state index in [1.54, 1.807) is 12.3 Å². The van der Waals surface area contributed by atoms with Crippen LogP contribution in [0.25, 0.3) is 0 Å². The average molecular weight is 167 g/mol. The monoisotopic (exact) mass is 167 g/mol. The SMILES string of the molecule is OC(CN1CCC1)c1ccco1. The summed E-state index contributed by atoms with van der Waals surface area (Å²) in [6.07, 6.45) is 2.39. The molecule has 3 heteroatoms. The fraction of sp³-hybridized carbons (Fsp3) is 0.556. The van der Waals surface area contributed by atoms with Gasteiger partial charge in [0.15, 0.2) is 0 Å². The van der Waals surface area contributed by atoms with Crippen molar-refractivity contribution in [2.75, 3.05) is 19.6 Å². The van der Waals surface area contributed by atoms with E-state index < -0.39 is 6.10 Å². The maximum absolute atomic E-state index is 9.61. The first kappa shape index (κ1) is 7.83. The molecule has 1 N–H and O–H groups in total. The van der Waals surface area contributed by atoms with Gasteiger partial charge in [-0.2, -0.15) is 0 Å². The van der Waals surface area contributed by atoms with Crippen molar-refractivity contribution in [1.29, 1.82) is 0 Å². The first-order valence-electron chi connectivity index (χ1n) is 4.30. The van der Waals surface area contributed by atoms with Gasteiger partial charge < -0.3 is 14.4 Å². The highest BCUT2D eigenvalue weighted by Gasteiger charge is 2.19. The lowest BCUT2D eigenvalue weighted by Crippen LogP contribution is -2.39. The van der Waals surface area contributed by atoms with E-state index in [2.05, 4.69) is 4.90 Å². The van der Waals surface area contributed by atoms with E-state index in [1.165, 1.54) is 6.42 Å². The Morgan fingerprint density at radius 3 is 2.92 bits per heavy atom. The number of nitrogens with zero attached hydrogens (tertiary/aromatic N) is 1. The van der Waals surface area contributed by atoms with Gasteiger partial charge in [-0.05, 0) is 31.6 Å². The first-order valence-corrected chi connectivity index (χ1v) is 4.30. The fourth-order valence-corrected chi connectivity index (χ4v) is 1.38. The third-order valence-corrected chi connectivity index (χ3v) is 2.25. The van der Waals surface area contributed by atoms with Crippen molar-refractivity contribution in [3.8, 4) is 0 Å². The zero-order valence-electron chi connectivity index (χ0n) is 6.94. The van der Waals surface area contributed by atoms with Gasteiger partial charge in [-0.15, -0.1) is 0 Å². The van der Waals surface area contributed by atoms with Crippen molar-refractivity contribution in [3.05, 3.63) is 24.2 Å². The maximum atomic E-state index is 9.61. The van der Waals surface area contributed by atoms with Crippen LogP contribution < -0.4 is 0 Å². The second kappa shape index (κ2) is 3.29. The van der Waals surface area contributed by atoms with Gasteiger partial charge >= 0.3 is 0 Å². The molecule has 0 amide bonds. The Morgan fingerprint density at radius 1 is 1.58 bits per heavy atom. The minimum atomic E-state index is -0.458. The molecule has 12 heavy (non-hydrogen) atoms. The molecule has 0 aliphatic carbocycles. The van der Waals surface area contributed by atoms with Crippen molar-refractivity contribution < 1.29 is 9.52 Å². The summed E-state index contributed by atoms with van der Waals surface area (Å²) < 4.78 is 5.09. The first-order chi connectivity index (χ1) is 5.86. The van der Waals surface area contributed by atoms with Crippen molar-refractivity contribution in [3.63, 3.8) is 0 Å². The quantitative estimate of drug-likeness (QED) is 0.730. The molecule has 1 fully saturated rings. The van der Waals surface area contributed by atoms with E-state index in [1.807, 2.05) is 6.07 Å². The number of hydrogen-bond donors (Lipinski definition) is 1. The smallest absolute Gasteiger partial charge is 0.133 e. The summed E-state index contributed by atoms with van der Waals surface area (Å²) in [5.41, 5.74) is 0. The molecule has 2 rings (SSSR count). The fourth-order valence-electron chi connectivity index (χ4n) is 1.38. The largest absolute Gasteiger partial charge is 0.467 e. The van der Waals surface area contributed by atoms with Gasteiger partial charge in [-0.25, -0.2) is 0 Å². The summed E-state index contributed by atoms with van der Waals surface area (Å²) in [6, 6.07) is 3.61. The summed E-state index contributed by atoms with van der Waals surface area (Å²) >= 11 is 0. The summed E-state index contributed by atoms with van der Waals surface area (Å²) in [6.45, 7) is 2.92. The molecule has 1 aliphatic heterocycles. The molecule has 0 radical (unpaired) electrons. The number of furan rings is 1. The summed E-state index contributed by atoms with van der Waals surface area (Å²) in [5, 5.41) is 9.61. The Kier molecular flexibility index (Phi) is 2.15. The summed E-state index contributed by atoms with van der Waals surface area (Å²) in [7, 11) is 0. The molecule has 66 valence electrons. The van der Waals surface area contributed by atoms with Crippen LogP contribution in [0.15, 0.2) is 22.8 Å². The van der Waals surface area contributed by atoms with E-state index in [9.17, 15) is 5.11 Å². The number of β-amino-alcohol motifs (C(OH)–C–C–N with tert-alkyl or cyclic N) is 1. The van der Waals surface area contributed by atoms with Crippen LogP contribution in [0.2, 0.25) is 0 Å². The standard InChI is InChI=1S/C9H13NO2/c11-8(7-10-4-2-5-10)9-3-1-6-12-9/h1,3,6,8,11H,2,4-5,7H2. The third-order valence-electron chi connectivity index (χ3n) is 2.25. The number of aliphatic hydroxyl groups is 1. The van der Waals surface area contributed by atoms with E-state index in [-0.39, 0.29) is 0 Å². The van der Waals surface area contributed by atoms with Crippen LogP contribution in [0, 0.1) is 0 Å². The Balaban J connectivity index is 1.87. The Labute approximate surface area is 71.6 Å². The molecular weight excluding hydrogens is 154 g/mol. The zero-order valence-corrected chi connectivity index (χ0v) is 6.94. The highest BCUT2D eigenvalue weighted by Crippen LogP contribution is 2.17. The highest BCUT2D eigenvalue weighted by molar-refractivity contribution is 5.02. The van der Waals surface area contributed by atoms with Crippen LogP contribution in [-0.4, -0.2) is 29.6 Å². The molecule has 1 aromatic heterocycles. The predicted octanol–water partition coefficient (Wildman–Crippen LogP) is 1.02. The number of aliphatic hydroxyl groups excluding tert-OH is 1. The molecule has 1 aliphatic rings. The second-order valence-corrected chi connectivity index (χ2v) is 3.19. The lowest BCUT2D eigenvalue weighted by molar-refractivity contribution is 0.0653. The van der Waals surface area contributed by atoms with Crippen LogP contribution in [0.5, 0.6) is 0 Å². The topological polar surface area (TPSA) is 36.6 Å². The second-order valence-electron chi connectivity index (χ2n) is 3.19. The lowest BCUT2D eigenvalue weighted by Gasteiger charge is -2.31. The van der Waals surface area contributed by atoms with Crippen molar-refractivity contribution in [2.45, 2.75) is 12.5 Å². The van der Waals surface area contributed by atoms with Gasteiger partial charge in [-0.1, -0.05) is 0 Å². The minimum absolute atomic E-state index is 0.458. The van der Waals surface area contributed by atoms with Crippen LogP contribution in [0.3, 0.4) is 0 Å². The number of likely N-dealkylation sites (tertiary alicyclic amines) is 1. The molecular formula is C9H13NO2. The normalized spacial score (nSPS) is 20.4. The Bertz CT molecular complexity index is 229. The van der Waals surface area contributed by atoms with Crippen LogP contribution in [0.1, 0.15) is 18.3 Å². The van der Waals surface area contributed by atoms with Crippen molar-refractivity contribution in [1.82, 2.24) is 4.90 Å². The van der Waals surface area contributed by atoms with Crippen LogP contribution >= 0.6 is 0 Å². The molecule has 2 heterocycles. The van der Waals surface area contributed by atoms with Crippen LogP contribution in [0.4, 0.5) is 0 Å². The molecule has 0 spiro atoms. The molecule has 0 aromatic carbocycles. The van der Waals surface area contributed by atoms with Gasteiger partial charge in [0.2, 0.25) is 0 Å². The van der Waals surface area contributed by atoms with Gasteiger partial charge in [-0.3, -0.25) is 0 Å². The lowest BCUT2D eigenvalue weighted by atomic mass is 10.2. The van der Waals surface area contributed by atoms with Gasteiger partial charge in [0, 0.05) is 6.54 Å². The zero-order chi connectivity index (χ0) is 8.39. The maximum Gasteiger partial charge on any atom is 0.133 e. The van der Waals surface area contributed by atoms with Crippen molar-refractivity contribution in [2.24, 2.45) is 0 Å². The molecule has 1 unspecified atom stereocenters. The average Bonchev–Trinajstić information content (AvgIpc) is 2.47. The molecule has 1 aromatic rings. The Hall–Kier alpha value is -0.800. The summed E-state index contributed by atoms with van der Waals surface area (Å²) in [4.78, 5) is 2.22. The van der Waals surface area contributed by atoms with E-state index in [0.29, 0.717) is 12.3 Å². The van der Waals surface area contributed by atoms with E-state index in [4.69, 9.17) is 4.42 Å². The Morgan fingerprint density at radius 2 is 2.42 bits per heavy atom. The summed E-state index contributed by atoms with van der Waals surface area (Å²) in [5.74, 6) is 0.668. The molecule has 0 saturated carbocycles. The molecule has 1 saturated heterocycles. The van der Waals surface area contributed by atoms with Gasteiger partial charge in [0.05, 0.1) is 6.26 Å². The molecule has 1 atom stereocenters. The minimum Gasteiger partial charge on any atom is -0.467 e. The number of rotatable bonds is 3. The number of hydrogen-bond acceptors (Lipinski definition) is 3. The predicted molar refractivity (Wildman–Crippen MR) is 44.7 cm³/mol. The molecule has 0 bridgehead atoms.